The van der Waals surface area contributed by atoms with E-state index in [2.05, 4.69) is 15.8 Å². The van der Waals surface area contributed by atoms with E-state index in [1.807, 2.05) is 45.0 Å². The van der Waals surface area contributed by atoms with Gasteiger partial charge >= 0.3 is 6.03 Å². The number of aromatic nitrogens is 1. The van der Waals surface area contributed by atoms with Crippen molar-refractivity contribution in [1.82, 2.24) is 5.16 Å². The van der Waals surface area contributed by atoms with Gasteiger partial charge in [0.1, 0.15) is 11.5 Å². The largest absolute Gasteiger partial charge is 0.493 e. The van der Waals surface area contributed by atoms with Gasteiger partial charge in [-0.15, -0.1) is 0 Å². The molecule has 6 nitrogen and oxygen atoms in total. The molecule has 0 aliphatic heterocycles. The van der Waals surface area contributed by atoms with E-state index in [1.165, 1.54) is 19.3 Å². The highest BCUT2D eigenvalue weighted by Crippen LogP contribution is 2.27. The molecule has 1 aromatic heterocycles. The van der Waals surface area contributed by atoms with Gasteiger partial charge in [0.05, 0.1) is 6.61 Å². The number of anilines is 2. The van der Waals surface area contributed by atoms with Gasteiger partial charge in [0, 0.05) is 17.2 Å². The predicted octanol–water partition coefficient (Wildman–Crippen LogP) is 4.80. The lowest BCUT2D eigenvalue weighted by molar-refractivity contribution is 0.180. The first-order chi connectivity index (χ1) is 11.9. The third-order valence-corrected chi connectivity index (χ3v) is 4.31. The maximum absolute atomic E-state index is 12.1. The maximum Gasteiger partial charge on any atom is 0.324 e. The van der Waals surface area contributed by atoms with Crippen LogP contribution in [0.2, 0.25) is 0 Å². The zero-order valence-electron chi connectivity index (χ0n) is 15.0. The highest BCUT2D eigenvalue weighted by atomic mass is 16.5. The van der Waals surface area contributed by atoms with E-state index in [-0.39, 0.29) is 11.4 Å². The summed E-state index contributed by atoms with van der Waals surface area (Å²) in [7, 11) is 0. The molecule has 0 saturated heterocycles. The lowest BCUT2D eigenvalue weighted by Gasteiger charge is -2.25. The minimum atomic E-state index is -0.364. The summed E-state index contributed by atoms with van der Waals surface area (Å²) in [6.45, 7) is 6.83. The van der Waals surface area contributed by atoms with Crippen LogP contribution in [0.4, 0.5) is 16.3 Å². The molecule has 0 spiro atoms. The van der Waals surface area contributed by atoms with E-state index in [4.69, 9.17) is 9.26 Å². The molecule has 2 amide bonds. The van der Waals surface area contributed by atoms with Gasteiger partial charge in [0.15, 0.2) is 5.82 Å². The molecule has 1 saturated carbocycles. The highest BCUT2D eigenvalue weighted by molar-refractivity contribution is 5.99. The van der Waals surface area contributed by atoms with E-state index in [1.54, 1.807) is 6.07 Å². The van der Waals surface area contributed by atoms with Crippen molar-refractivity contribution < 1.29 is 14.1 Å². The van der Waals surface area contributed by atoms with Crippen molar-refractivity contribution in [2.45, 2.75) is 45.4 Å². The normalized spacial score (nSPS) is 14.7. The molecule has 6 heteroatoms. The van der Waals surface area contributed by atoms with Crippen molar-refractivity contribution in [3.05, 3.63) is 36.1 Å². The second-order valence-corrected chi connectivity index (χ2v) is 7.54. The molecule has 0 unspecified atom stereocenters. The van der Waals surface area contributed by atoms with Crippen molar-refractivity contribution >= 4 is 17.5 Å². The van der Waals surface area contributed by atoms with Gasteiger partial charge in [-0.3, -0.25) is 5.32 Å². The van der Waals surface area contributed by atoms with Crippen LogP contribution in [0.5, 0.6) is 5.75 Å². The van der Waals surface area contributed by atoms with Gasteiger partial charge in [0.25, 0.3) is 0 Å². The first-order valence-corrected chi connectivity index (χ1v) is 8.68. The number of carbonyl (C=O) groups is 1. The number of amides is 2. The first-order valence-electron chi connectivity index (χ1n) is 8.68. The SMILES string of the molecule is CC(C)(C)c1cc(NC(=O)Nc2ccc(OCC3CCC3)cc2)no1. The number of nitrogens with one attached hydrogen (secondary N) is 2. The summed E-state index contributed by atoms with van der Waals surface area (Å²) in [4.78, 5) is 12.1. The molecule has 1 fully saturated rings. The Morgan fingerprint density at radius 1 is 1.24 bits per heavy atom. The first kappa shape index (κ1) is 17.3. The smallest absolute Gasteiger partial charge is 0.324 e. The summed E-state index contributed by atoms with van der Waals surface area (Å²) in [6.07, 6.45) is 3.84. The van der Waals surface area contributed by atoms with Crippen molar-refractivity contribution in [3.8, 4) is 5.75 Å². The summed E-state index contributed by atoms with van der Waals surface area (Å²) in [5.74, 6) is 2.63. The fourth-order valence-electron chi connectivity index (χ4n) is 2.47. The van der Waals surface area contributed by atoms with Crippen LogP contribution in [0.15, 0.2) is 34.9 Å². The third kappa shape index (κ3) is 4.75. The molecule has 25 heavy (non-hydrogen) atoms. The van der Waals surface area contributed by atoms with E-state index in [9.17, 15) is 4.79 Å². The summed E-state index contributed by atoms with van der Waals surface area (Å²) in [5, 5.41) is 9.30. The Kier molecular flexibility index (Phi) is 4.97. The lowest BCUT2D eigenvalue weighted by Crippen LogP contribution is -2.20. The average molecular weight is 343 g/mol. The number of carbonyl (C=O) groups excluding carboxylic acids is 1. The fraction of sp³-hybridized carbons (Fsp3) is 0.474. The number of benzene rings is 1. The second-order valence-electron chi connectivity index (χ2n) is 7.54. The monoisotopic (exact) mass is 343 g/mol. The number of nitrogens with zero attached hydrogens (tertiary/aromatic N) is 1. The maximum atomic E-state index is 12.1. The number of urea groups is 1. The molecule has 1 aliphatic carbocycles. The zero-order valence-corrected chi connectivity index (χ0v) is 15.0. The Morgan fingerprint density at radius 3 is 2.52 bits per heavy atom. The molecule has 134 valence electrons. The van der Waals surface area contributed by atoms with Crippen LogP contribution in [-0.2, 0) is 5.41 Å². The predicted molar refractivity (Wildman–Crippen MR) is 97.1 cm³/mol. The van der Waals surface area contributed by atoms with Crippen LogP contribution in [-0.4, -0.2) is 17.8 Å². The number of hydrogen-bond donors (Lipinski definition) is 2. The molecule has 0 radical (unpaired) electrons. The summed E-state index contributed by atoms with van der Waals surface area (Å²) >= 11 is 0. The van der Waals surface area contributed by atoms with Crippen molar-refractivity contribution in [2.75, 3.05) is 17.2 Å². The summed E-state index contributed by atoms with van der Waals surface area (Å²) in [5.41, 5.74) is 0.534. The summed E-state index contributed by atoms with van der Waals surface area (Å²) < 4.78 is 11.0. The van der Waals surface area contributed by atoms with E-state index >= 15 is 0 Å². The van der Waals surface area contributed by atoms with Gasteiger partial charge in [-0.1, -0.05) is 32.3 Å². The lowest BCUT2D eigenvalue weighted by atomic mass is 9.86. The molecule has 1 heterocycles. The van der Waals surface area contributed by atoms with Crippen molar-refractivity contribution in [1.29, 1.82) is 0 Å². The average Bonchev–Trinajstić information content (AvgIpc) is 2.96. The second kappa shape index (κ2) is 7.17. The van der Waals surface area contributed by atoms with Crippen LogP contribution >= 0.6 is 0 Å². The Bertz CT molecular complexity index is 712. The number of hydrogen-bond acceptors (Lipinski definition) is 4. The zero-order chi connectivity index (χ0) is 17.9. The van der Waals surface area contributed by atoms with E-state index in [0.29, 0.717) is 17.4 Å². The van der Waals surface area contributed by atoms with Crippen molar-refractivity contribution in [3.63, 3.8) is 0 Å². The topological polar surface area (TPSA) is 76.4 Å². The molecule has 3 rings (SSSR count). The van der Waals surface area contributed by atoms with Gasteiger partial charge in [0.2, 0.25) is 0 Å². The molecule has 0 atom stereocenters. The van der Waals surface area contributed by atoms with Gasteiger partial charge in [-0.25, -0.2) is 4.79 Å². The van der Waals surface area contributed by atoms with Crippen LogP contribution in [0, 0.1) is 5.92 Å². The van der Waals surface area contributed by atoms with E-state index in [0.717, 1.165) is 18.1 Å². The molecule has 2 aromatic rings. The summed E-state index contributed by atoms with van der Waals surface area (Å²) in [6, 6.07) is 8.73. The fourth-order valence-corrected chi connectivity index (χ4v) is 2.47. The quantitative estimate of drug-likeness (QED) is 0.818. The minimum Gasteiger partial charge on any atom is -0.493 e. The van der Waals surface area contributed by atoms with Crippen LogP contribution in [0.3, 0.4) is 0 Å². The number of ether oxygens (including phenoxy) is 1. The van der Waals surface area contributed by atoms with Gasteiger partial charge in [-0.05, 0) is 43.0 Å². The third-order valence-electron chi connectivity index (χ3n) is 4.31. The number of rotatable bonds is 5. The Hall–Kier alpha value is -2.50. The van der Waals surface area contributed by atoms with Crippen molar-refractivity contribution in [2.24, 2.45) is 5.92 Å². The van der Waals surface area contributed by atoms with Crippen LogP contribution in [0.1, 0.15) is 45.8 Å². The van der Waals surface area contributed by atoms with Gasteiger partial charge in [-0.2, -0.15) is 0 Å². The van der Waals surface area contributed by atoms with Crippen LogP contribution in [0.25, 0.3) is 0 Å². The molecule has 0 bridgehead atoms. The standard InChI is InChI=1S/C19H25N3O3/c1-19(2,3)16-11-17(22-25-16)21-18(23)20-14-7-9-15(10-8-14)24-12-13-5-4-6-13/h7-11,13H,4-6,12H2,1-3H3,(H2,20,21,22,23). The molecular weight excluding hydrogens is 318 g/mol. The highest BCUT2D eigenvalue weighted by Gasteiger charge is 2.20. The molecular formula is C19H25N3O3. The van der Waals surface area contributed by atoms with E-state index < -0.39 is 0 Å². The van der Waals surface area contributed by atoms with Crippen LogP contribution < -0.4 is 15.4 Å². The Balaban J connectivity index is 1.49. The molecule has 1 aliphatic rings. The Labute approximate surface area is 147 Å². The Morgan fingerprint density at radius 2 is 1.96 bits per heavy atom. The molecule has 1 aromatic carbocycles. The minimum absolute atomic E-state index is 0.154. The molecule has 2 N–H and O–H groups in total. The van der Waals surface area contributed by atoms with Gasteiger partial charge < -0.3 is 14.6 Å².